The number of halogens is 2. The van der Waals surface area contributed by atoms with Gasteiger partial charge in [-0.3, -0.25) is 0 Å². The Balaban J connectivity index is 0.000000239. The maximum absolute atomic E-state index is 6.59. The number of rotatable bonds is 12. The zero-order valence-corrected chi connectivity index (χ0v) is 37.9. The second-order valence-electron chi connectivity index (χ2n) is 16.6. The molecule has 3 saturated carbocycles. The van der Waals surface area contributed by atoms with Gasteiger partial charge in [0, 0.05) is 0 Å². The van der Waals surface area contributed by atoms with Gasteiger partial charge in [-0.15, -0.1) is 0 Å². The Kier molecular flexibility index (Phi) is 16.9. The average molecular weight is 875 g/mol. The van der Waals surface area contributed by atoms with E-state index >= 15 is 0 Å². The SMILES string of the molecule is C1CCC(P(C2CCCCC2)C2CCCCC2)CC1.CC(C)Oc1cc(OC(C)C)cc(C2=C[C](=[Ru]([Cl])[Cl])c3c(OC(C)C)cc(OC(C)C)cc32)c1. The number of allylic oxidation sites excluding steroid dienone is 1. The van der Waals surface area contributed by atoms with Gasteiger partial charge in [-0.05, 0) is 55.5 Å². The van der Waals surface area contributed by atoms with Crippen LogP contribution in [0.3, 0.4) is 0 Å². The molecule has 0 unspecified atom stereocenters. The van der Waals surface area contributed by atoms with Gasteiger partial charge in [0.1, 0.15) is 0 Å². The minimum absolute atomic E-state index is 0.0104. The van der Waals surface area contributed by atoms with E-state index in [4.69, 9.17) is 38.3 Å². The van der Waals surface area contributed by atoms with Crippen molar-refractivity contribution in [3.63, 3.8) is 0 Å². The molecule has 0 saturated heterocycles. The summed E-state index contributed by atoms with van der Waals surface area (Å²) in [6, 6.07) is 9.98. The third-order valence-electron chi connectivity index (χ3n) is 10.7. The molecule has 0 bridgehead atoms. The predicted molar refractivity (Wildman–Crippen MR) is 226 cm³/mol. The Morgan fingerprint density at radius 2 is 0.925 bits per heavy atom. The van der Waals surface area contributed by atoms with Crippen LogP contribution in [0.1, 0.15) is 168 Å². The topological polar surface area (TPSA) is 36.9 Å². The summed E-state index contributed by atoms with van der Waals surface area (Å²) in [5, 5.41) is 0. The molecule has 0 atom stereocenters. The second-order valence-corrected chi connectivity index (χ2v) is 25.5. The van der Waals surface area contributed by atoms with Crippen LogP contribution in [0.5, 0.6) is 23.0 Å². The van der Waals surface area contributed by atoms with Gasteiger partial charge < -0.3 is 0 Å². The van der Waals surface area contributed by atoms with Crippen molar-refractivity contribution in [2.75, 3.05) is 0 Å². The van der Waals surface area contributed by atoms with Gasteiger partial charge in [-0.25, -0.2) is 0 Å². The van der Waals surface area contributed by atoms with Gasteiger partial charge in [0.2, 0.25) is 0 Å². The van der Waals surface area contributed by atoms with E-state index in [1.165, 1.54) is 36.2 Å². The summed E-state index contributed by atoms with van der Waals surface area (Å²) in [6.45, 7) is 16.1. The molecule has 53 heavy (non-hydrogen) atoms. The van der Waals surface area contributed by atoms with Crippen LogP contribution in [0.15, 0.2) is 36.4 Å². The summed E-state index contributed by atoms with van der Waals surface area (Å²) in [6.07, 6.45) is 25.8. The number of ether oxygens (including phenoxy) is 4. The Morgan fingerprint density at radius 1 is 0.528 bits per heavy atom. The molecular weight excluding hydrogens is 807 g/mol. The predicted octanol–water partition coefficient (Wildman–Crippen LogP) is 14.2. The van der Waals surface area contributed by atoms with Crippen molar-refractivity contribution in [2.24, 2.45) is 0 Å². The van der Waals surface area contributed by atoms with Gasteiger partial charge in [0.25, 0.3) is 0 Å². The number of fused-ring (bicyclic) bond motifs is 1. The van der Waals surface area contributed by atoms with Crippen LogP contribution in [0.4, 0.5) is 0 Å². The van der Waals surface area contributed by atoms with E-state index in [2.05, 4.69) is 6.08 Å². The first-order valence-electron chi connectivity index (χ1n) is 20.8. The molecule has 0 N–H and O–H groups in total. The normalized spacial score (nSPS) is 19.0. The van der Waals surface area contributed by atoms with E-state index in [1.807, 2.05) is 85.7 Å². The fourth-order valence-electron chi connectivity index (χ4n) is 8.79. The van der Waals surface area contributed by atoms with E-state index in [-0.39, 0.29) is 24.4 Å². The molecule has 0 radical (unpaired) electrons. The van der Waals surface area contributed by atoms with Crippen molar-refractivity contribution in [3.05, 3.63) is 53.1 Å². The van der Waals surface area contributed by atoms with Crippen molar-refractivity contribution in [1.29, 1.82) is 0 Å². The molecule has 0 heterocycles. The Bertz CT molecular complexity index is 1460. The van der Waals surface area contributed by atoms with Crippen LogP contribution >= 0.6 is 27.3 Å². The molecular formula is C45H67Cl2O4PRu. The van der Waals surface area contributed by atoms with Crippen molar-refractivity contribution in [1.82, 2.24) is 0 Å². The molecule has 298 valence electrons. The molecule has 0 aromatic heterocycles. The fourth-order valence-corrected chi connectivity index (χ4v) is 15.9. The summed E-state index contributed by atoms with van der Waals surface area (Å²) in [5.74, 6) is 2.97. The van der Waals surface area contributed by atoms with Gasteiger partial charge in [0.05, 0.1) is 0 Å². The first-order valence-corrected chi connectivity index (χ1v) is 27.7. The summed E-state index contributed by atoms with van der Waals surface area (Å²) < 4.78 is 25.3. The van der Waals surface area contributed by atoms with Crippen LogP contribution in [0.2, 0.25) is 0 Å². The van der Waals surface area contributed by atoms with E-state index in [0.29, 0.717) is 7.92 Å². The van der Waals surface area contributed by atoms with Gasteiger partial charge in [-0.2, -0.15) is 0 Å². The number of hydrogen-bond acceptors (Lipinski definition) is 4. The summed E-state index contributed by atoms with van der Waals surface area (Å²) in [4.78, 5) is 0. The molecule has 4 aliphatic carbocycles. The molecule has 4 aliphatic rings. The first kappa shape index (κ1) is 43.0. The van der Waals surface area contributed by atoms with Crippen LogP contribution < -0.4 is 18.9 Å². The molecule has 2 aromatic carbocycles. The van der Waals surface area contributed by atoms with Crippen molar-refractivity contribution < 1.29 is 32.5 Å². The molecule has 0 amide bonds. The number of benzene rings is 2. The molecule has 3 fully saturated rings. The molecule has 6 rings (SSSR count). The minimum atomic E-state index is -2.26. The van der Waals surface area contributed by atoms with Crippen LogP contribution in [0, 0.1) is 0 Å². The van der Waals surface area contributed by atoms with E-state index in [0.717, 1.165) is 49.4 Å². The zero-order chi connectivity index (χ0) is 38.1. The summed E-state index contributed by atoms with van der Waals surface area (Å²) in [5.41, 5.74) is 7.47. The van der Waals surface area contributed by atoms with Crippen molar-refractivity contribution >= 4 is 37.0 Å². The average Bonchev–Trinajstić information content (AvgIpc) is 3.49. The van der Waals surface area contributed by atoms with Crippen LogP contribution in [-0.2, 0) is 13.5 Å². The van der Waals surface area contributed by atoms with E-state index in [9.17, 15) is 0 Å². The quantitative estimate of drug-likeness (QED) is 0.157. The monoisotopic (exact) mass is 874 g/mol. The van der Waals surface area contributed by atoms with Crippen LogP contribution in [-0.4, -0.2) is 45.5 Å². The van der Waals surface area contributed by atoms with Gasteiger partial charge in [0.15, 0.2) is 0 Å². The third kappa shape index (κ3) is 12.4. The van der Waals surface area contributed by atoms with Crippen LogP contribution in [0.25, 0.3) is 5.57 Å². The molecule has 8 heteroatoms. The van der Waals surface area contributed by atoms with E-state index < -0.39 is 13.5 Å². The first-order chi connectivity index (χ1) is 25.4. The Morgan fingerprint density at radius 3 is 1.30 bits per heavy atom. The standard InChI is InChI=1S/C27H34O4.C18H33P.2ClH.Ru/c1-16(2)28-21-11-20(12-22(13-21)29-17(3)4)24-9-10-25-26(24)14-23(30-18(5)6)15-27(25)31-19(7)8;1-4-10-16(11-5-1)19(17-12-6-2-7-13-17)18-14-8-3-9-15-18;;;/h9,11-19H,1-8H3;16-18H,1-15H2;2*1H;/q;;;;+2/p-2. The Hall–Kier alpha value is -1.12. The van der Waals surface area contributed by atoms with Gasteiger partial charge in [-0.1, -0.05) is 65.7 Å². The summed E-state index contributed by atoms with van der Waals surface area (Å²) >= 11 is -2.26. The van der Waals surface area contributed by atoms with Gasteiger partial charge >= 0.3 is 217 Å². The molecule has 4 nitrogen and oxygen atoms in total. The fraction of sp³-hybridized carbons (Fsp3) is 0.667. The van der Waals surface area contributed by atoms with Crippen molar-refractivity contribution in [2.45, 2.75) is 193 Å². The zero-order valence-electron chi connectivity index (χ0n) is 33.8. The third-order valence-corrected chi connectivity index (χ3v) is 17.8. The maximum atomic E-state index is 6.59. The summed E-state index contributed by atoms with van der Waals surface area (Å²) in [7, 11) is 13.6. The second kappa shape index (κ2) is 20.9. The molecule has 0 spiro atoms. The molecule has 0 aliphatic heterocycles. The van der Waals surface area contributed by atoms with E-state index in [1.54, 1.807) is 77.0 Å². The van der Waals surface area contributed by atoms with Crippen molar-refractivity contribution in [3.8, 4) is 23.0 Å². The Labute approximate surface area is 336 Å². The molecule has 2 aromatic rings. The number of hydrogen-bond donors (Lipinski definition) is 0.